The van der Waals surface area contributed by atoms with Crippen LogP contribution in [0.3, 0.4) is 0 Å². The van der Waals surface area contributed by atoms with Crippen LogP contribution in [-0.2, 0) is 25.6 Å². The molecule has 11 heteroatoms. The molecule has 0 rings (SSSR count). The lowest BCUT2D eigenvalue weighted by atomic mass is 10.2. The first-order chi connectivity index (χ1) is 13.5. The summed E-state index contributed by atoms with van der Waals surface area (Å²) in [5, 5.41) is 0. The molecule has 0 aliphatic heterocycles. The molecule has 0 radical (unpaired) electrons. The van der Waals surface area contributed by atoms with Gasteiger partial charge in [0, 0.05) is 33.4 Å². The van der Waals surface area contributed by atoms with Crippen molar-refractivity contribution in [1.82, 2.24) is 0 Å². The molecule has 0 aromatic heterocycles. The Balaban J connectivity index is 4.89. The van der Waals surface area contributed by atoms with Gasteiger partial charge in [-0.3, -0.25) is 0 Å². The quantitative estimate of drug-likeness (QED) is 0.167. The lowest BCUT2D eigenvalue weighted by Crippen LogP contribution is -2.60. The maximum Gasteiger partial charge on any atom is 0.500 e. The van der Waals surface area contributed by atoms with Gasteiger partial charge in [0.15, 0.2) is 25.0 Å². The molecule has 0 fully saturated rings. The maximum atomic E-state index is 6.75. The minimum absolute atomic E-state index is 0.866. The van der Waals surface area contributed by atoms with Gasteiger partial charge >= 0.3 is 17.6 Å². The molecule has 0 aliphatic rings. The first-order valence-corrected chi connectivity index (χ1v) is 25.4. The third-order valence-corrected chi connectivity index (χ3v) is 19.2. The van der Waals surface area contributed by atoms with Gasteiger partial charge < -0.3 is 25.6 Å². The molecule has 0 bridgehead atoms. The van der Waals surface area contributed by atoms with E-state index in [0.29, 0.717) is 0 Å². The van der Waals surface area contributed by atoms with Gasteiger partial charge in [-0.1, -0.05) is 19.3 Å². The molecule has 0 N–H and O–H groups in total. The number of hydrogen-bond donors (Lipinski definition) is 0. The number of rotatable bonds is 17. The Morgan fingerprint density at radius 3 is 0.933 bits per heavy atom. The summed E-state index contributed by atoms with van der Waals surface area (Å²) in [7, 11) is -5.45. The Labute approximate surface area is 192 Å². The SMILES string of the molecule is CO[Si](CCCCCCC[Si](O[Si](C)(C)C)(O[Si](C)(C)C)O[Si](C)(C)C)(OC)OC. The van der Waals surface area contributed by atoms with Crippen LogP contribution in [0.2, 0.25) is 71.0 Å². The maximum absolute atomic E-state index is 6.75. The summed E-state index contributed by atoms with van der Waals surface area (Å²) in [4.78, 5) is 0. The molecule has 0 spiro atoms. The highest BCUT2D eigenvalue weighted by molar-refractivity contribution is 6.90. The van der Waals surface area contributed by atoms with E-state index in [1.54, 1.807) is 21.3 Å². The molecule has 0 aliphatic carbocycles. The molecule has 0 heterocycles. The molecule has 6 nitrogen and oxygen atoms in total. The van der Waals surface area contributed by atoms with Crippen molar-refractivity contribution in [3.8, 4) is 0 Å². The standard InChI is InChI=1S/C19H50O6Si5/c1-20-29(21-2,22-3)18-16-14-13-15-17-19-30(23-26(4,5)6,24-27(7,8)9)25-28(10,11)12/h13-19H2,1-12H3. The van der Waals surface area contributed by atoms with E-state index in [2.05, 4.69) is 58.9 Å². The molecule has 182 valence electrons. The Bertz CT molecular complexity index is 420. The zero-order chi connectivity index (χ0) is 23.7. The summed E-state index contributed by atoms with van der Waals surface area (Å²) in [5.74, 6) is 0. The second kappa shape index (κ2) is 12.9. The van der Waals surface area contributed by atoms with Gasteiger partial charge in [0.1, 0.15) is 0 Å². The van der Waals surface area contributed by atoms with Crippen molar-refractivity contribution in [2.45, 2.75) is 103 Å². The van der Waals surface area contributed by atoms with E-state index in [-0.39, 0.29) is 0 Å². The fourth-order valence-corrected chi connectivity index (χ4v) is 19.9. The van der Waals surface area contributed by atoms with Crippen LogP contribution >= 0.6 is 0 Å². The van der Waals surface area contributed by atoms with E-state index in [1.807, 2.05) is 0 Å². The predicted molar refractivity (Wildman–Crippen MR) is 139 cm³/mol. The fourth-order valence-electron chi connectivity index (χ4n) is 3.38. The van der Waals surface area contributed by atoms with Crippen LogP contribution < -0.4 is 0 Å². The molecule has 0 saturated heterocycles. The van der Waals surface area contributed by atoms with Crippen molar-refractivity contribution in [3.05, 3.63) is 0 Å². The molecule has 0 amide bonds. The minimum Gasteiger partial charge on any atom is -0.417 e. The van der Waals surface area contributed by atoms with Crippen molar-refractivity contribution in [1.29, 1.82) is 0 Å². The lowest BCUT2D eigenvalue weighted by Gasteiger charge is -2.43. The van der Waals surface area contributed by atoms with Crippen molar-refractivity contribution in [2.24, 2.45) is 0 Å². The Hall–Kier alpha value is 0.844. The molecule has 0 aromatic carbocycles. The highest BCUT2D eigenvalue weighted by Crippen LogP contribution is 2.31. The highest BCUT2D eigenvalue weighted by atomic mass is 28.5. The normalized spacial score (nSPS) is 14.4. The van der Waals surface area contributed by atoms with Crippen LogP contribution in [-0.4, -0.2) is 63.9 Å². The zero-order valence-electron chi connectivity index (χ0n) is 21.9. The second-order valence-electron chi connectivity index (χ2n) is 10.9. The van der Waals surface area contributed by atoms with Gasteiger partial charge in [-0.2, -0.15) is 0 Å². The predicted octanol–water partition coefficient (Wildman–Crippen LogP) is 6.31. The summed E-state index contributed by atoms with van der Waals surface area (Å²) < 4.78 is 36.8. The largest absolute Gasteiger partial charge is 0.500 e. The Morgan fingerprint density at radius 1 is 0.400 bits per heavy atom. The van der Waals surface area contributed by atoms with Crippen molar-refractivity contribution in [3.63, 3.8) is 0 Å². The average molecular weight is 515 g/mol. The van der Waals surface area contributed by atoms with Crippen LogP contribution in [0, 0.1) is 0 Å². The van der Waals surface area contributed by atoms with Gasteiger partial charge in [-0.25, -0.2) is 0 Å². The Morgan fingerprint density at radius 2 is 0.667 bits per heavy atom. The summed E-state index contributed by atoms with van der Waals surface area (Å²) in [6.07, 6.45) is 5.64. The van der Waals surface area contributed by atoms with Gasteiger partial charge in [-0.05, 0) is 71.8 Å². The zero-order valence-corrected chi connectivity index (χ0v) is 26.9. The van der Waals surface area contributed by atoms with Gasteiger partial charge in [-0.15, -0.1) is 0 Å². The van der Waals surface area contributed by atoms with Crippen molar-refractivity contribution < 1.29 is 25.6 Å². The van der Waals surface area contributed by atoms with E-state index in [0.717, 1.165) is 37.8 Å². The first kappa shape index (κ1) is 30.8. The molecule has 0 unspecified atom stereocenters. The van der Waals surface area contributed by atoms with Crippen molar-refractivity contribution >= 4 is 42.6 Å². The van der Waals surface area contributed by atoms with Gasteiger partial charge in [0.2, 0.25) is 0 Å². The third-order valence-electron chi connectivity index (χ3n) is 4.28. The molecular weight excluding hydrogens is 465 g/mol. The van der Waals surface area contributed by atoms with E-state index in [1.165, 1.54) is 6.42 Å². The fraction of sp³-hybridized carbons (Fsp3) is 1.00. The minimum atomic E-state index is -2.69. The number of unbranched alkanes of at least 4 members (excludes halogenated alkanes) is 4. The van der Waals surface area contributed by atoms with Gasteiger partial charge in [0.25, 0.3) is 0 Å². The van der Waals surface area contributed by atoms with E-state index >= 15 is 0 Å². The third kappa shape index (κ3) is 14.1. The lowest BCUT2D eigenvalue weighted by molar-refractivity contribution is 0.122. The molecule has 30 heavy (non-hydrogen) atoms. The summed E-state index contributed by atoms with van der Waals surface area (Å²) in [6, 6.07) is 1.80. The van der Waals surface area contributed by atoms with E-state index in [9.17, 15) is 0 Å². The molecular formula is C19H50O6Si5. The summed E-state index contributed by atoms with van der Waals surface area (Å²) >= 11 is 0. The summed E-state index contributed by atoms with van der Waals surface area (Å²) in [5.41, 5.74) is 0. The monoisotopic (exact) mass is 514 g/mol. The van der Waals surface area contributed by atoms with Crippen molar-refractivity contribution in [2.75, 3.05) is 21.3 Å². The van der Waals surface area contributed by atoms with Crippen LogP contribution in [0.1, 0.15) is 32.1 Å². The molecule has 0 atom stereocenters. The van der Waals surface area contributed by atoms with Gasteiger partial charge in [0.05, 0.1) is 0 Å². The molecule has 0 saturated carbocycles. The summed E-state index contributed by atoms with van der Waals surface area (Å²) in [6.45, 7) is 20.2. The first-order valence-electron chi connectivity index (χ1n) is 11.3. The topological polar surface area (TPSA) is 55.4 Å². The van der Waals surface area contributed by atoms with E-state index < -0.39 is 42.6 Å². The highest BCUT2D eigenvalue weighted by Gasteiger charge is 2.49. The van der Waals surface area contributed by atoms with Crippen LogP contribution in [0.4, 0.5) is 0 Å². The van der Waals surface area contributed by atoms with Crippen LogP contribution in [0.25, 0.3) is 0 Å². The number of hydrogen-bond acceptors (Lipinski definition) is 6. The van der Waals surface area contributed by atoms with Crippen LogP contribution in [0.15, 0.2) is 0 Å². The average Bonchev–Trinajstić information content (AvgIpc) is 2.53. The Kier molecular flexibility index (Phi) is 13.3. The molecule has 0 aromatic rings. The van der Waals surface area contributed by atoms with E-state index in [4.69, 9.17) is 25.6 Å². The van der Waals surface area contributed by atoms with Crippen LogP contribution in [0.5, 0.6) is 0 Å². The second-order valence-corrected chi connectivity index (χ2v) is 31.0. The smallest absolute Gasteiger partial charge is 0.417 e.